The molecule has 0 bridgehead atoms. The molecule has 2 aromatic carbocycles. The fraction of sp³-hybridized carbons (Fsp3) is 0.125. The Morgan fingerprint density at radius 3 is 2.22 bits per heavy atom. The van der Waals surface area contributed by atoms with Gasteiger partial charge in [-0.25, -0.2) is 32.8 Å². The summed E-state index contributed by atoms with van der Waals surface area (Å²) in [6.07, 6.45) is 0. The number of nitrogens with one attached hydrogen (secondary N) is 2. The first-order valence-corrected chi connectivity index (χ1v) is 12.6. The highest BCUT2D eigenvalue weighted by Gasteiger charge is 2.40. The van der Waals surface area contributed by atoms with E-state index in [1.54, 1.807) is 32.0 Å². The molecule has 0 fully saturated rings. The van der Waals surface area contributed by atoms with E-state index in [4.69, 9.17) is 16.3 Å². The second-order valence-electron chi connectivity index (χ2n) is 7.87. The summed E-state index contributed by atoms with van der Waals surface area (Å²) in [4.78, 5) is 46.9. The Kier molecular flexibility index (Phi) is 6.96. The maximum Gasteiger partial charge on any atom is 0.339 e. The van der Waals surface area contributed by atoms with Gasteiger partial charge >= 0.3 is 5.97 Å². The number of halogens is 1. The van der Waals surface area contributed by atoms with Crippen molar-refractivity contribution in [1.82, 2.24) is 9.97 Å². The Balaban J connectivity index is 1.55. The Morgan fingerprint density at radius 1 is 0.973 bits per heavy atom. The van der Waals surface area contributed by atoms with Crippen LogP contribution in [0.5, 0.6) is 0 Å². The van der Waals surface area contributed by atoms with Crippen molar-refractivity contribution in [2.75, 3.05) is 22.0 Å². The number of carbonyl (C=O) groups excluding carboxylic acids is 3. The lowest BCUT2D eigenvalue weighted by Crippen LogP contribution is -2.33. The topological polar surface area (TPSA) is 148 Å². The minimum atomic E-state index is -4.00. The van der Waals surface area contributed by atoms with Crippen LogP contribution in [0.2, 0.25) is 0 Å². The molecule has 1 aliphatic heterocycles. The fourth-order valence-corrected chi connectivity index (χ4v) is 4.75. The highest BCUT2D eigenvalue weighted by atomic mass is 35.5. The van der Waals surface area contributed by atoms with Gasteiger partial charge in [-0.3, -0.25) is 9.59 Å². The average molecular weight is 542 g/mol. The number of anilines is 3. The molecule has 2 amide bonds. The Bertz CT molecular complexity index is 1550. The molecule has 0 saturated carbocycles. The number of para-hydroxylation sites is 1. The van der Waals surface area contributed by atoms with Crippen LogP contribution >= 0.6 is 11.6 Å². The van der Waals surface area contributed by atoms with Gasteiger partial charge in [0.2, 0.25) is 5.95 Å². The molecule has 3 aromatic rings. The predicted molar refractivity (Wildman–Crippen MR) is 136 cm³/mol. The van der Waals surface area contributed by atoms with E-state index in [9.17, 15) is 22.8 Å². The molecule has 0 aliphatic carbocycles. The third kappa shape index (κ3) is 5.15. The van der Waals surface area contributed by atoms with E-state index in [0.717, 1.165) is 4.90 Å². The fourth-order valence-electron chi connectivity index (χ4n) is 3.59. The number of aromatic nitrogens is 2. The molecule has 1 aliphatic rings. The molecule has 0 spiro atoms. The standard InChI is InChI=1S/C24H20ClN5O6S/c1-13-12-14(2)27-24(26-13)29-37(34,35)16-10-8-15(9-11-16)28-20-19(25)21(31)30(22(20)32)18-7-5-4-6-17(18)23(33)36-3/h4-12,28H,1-3H3,(H,26,27,29). The number of esters is 1. The molecular formula is C24H20ClN5O6S. The van der Waals surface area contributed by atoms with E-state index >= 15 is 0 Å². The Morgan fingerprint density at radius 2 is 1.59 bits per heavy atom. The van der Waals surface area contributed by atoms with Gasteiger partial charge in [0.05, 0.1) is 23.3 Å². The second kappa shape index (κ2) is 9.99. The number of aryl methyl sites for hydroxylation is 2. The molecule has 11 nitrogen and oxygen atoms in total. The van der Waals surface area contributed by atoms with Gasteiger partial charge in [-0.15, -0.1) is 0 Å². The minimum absolute atomic E-state index is 0.00672. The lowest BCUT2D eigenvalue weighted by molar-refractivity contribution is -0.120. The minimum Gasteiger partial charge on any atom is -0.465 e. The molecule has 2 heterocycles. The van der Waals surface area contributed by atoms with Crippen LogP contribution in [-0.2, 0) is 24.3 Å². The van der Waals surface area contributed by atoms with Crippen molar-refractivity contribution in [2.24, 2.45) is 0 Å². The van der Waals surface area contributed by atoms with Crippen LogP contribution in [-0.4, -0.2) is 43.3 Å². The van der Waals surface area contributed by atoms with Crippen molar-refractivity contribution in [3.05, 3.63) is 82.3 Å². The number of hydrogen-bond acceptors (Lipinski definition) is 9. The van der Waals surface area contributed by atoms with Crippen molar-refractivity contribution in [2.45, 2.75) is 18.7 Å². The van der Waals surface area contributed by atoms with Crippen LogP contribution in [0.25, 0.3) is 0 Å². The van der Waals surface area contributed by atoms with Gasteiger partial charge in [0.15, 0.2) is 0 Å². The Hall–Kier alpha value is -4.29. The van der Waals surface area contributed by atoms with Gasteiger partial charge in [0.1, 0.15) is 10.7 Å². The number of rotatable bonds is 7. The smallest absolute Gasteiger partial charge is 0.339 e. The number of nitrogens with zero attached hydrogens (tertiary/aromatic N) is 3. The monoisotopic (exact) mass is 541 g/mol. The van der Waals surface area contributed by atoms with E-state index in [1.165, 1.54) is 43.5 Å². The number of ether oxygens (including phenoxy) is 1. The predicted octanol–water partition coefficient (Wildman–Crippen LogP) is 3.12. The summed E-state index contributed by atoms with van der Waals surface area (Å²) in [7, 11) is -2.82. The average Bonchev–Trinajstić information content (AvgIpc) is 3.06. The zero-order chi connectivity index (χ0) is 26.9. The van der Waals surface area contributed by atoms with Gasteiger partial charge in [-0.2, -0.15) is 0 Å². The molecule has 4 rings (SSSR count). The van der Waals surface area contributed by atoms with E-state index in [0.29, 0.717) is 17.1 Å². The molecule has 0 saturated heterocycles. The summed E-state index contributed by atoms with van der Waals surface area (Å²) in [5.41, 5.74) is 1.29. The summed E-state index contributed by atoms with van der Waals surface area (Å²) in [6.45, 7) is 3.44. The van der Waals surface area contributed by atoms with Crippen molar-refractivity contribution in [3.63, 3.8) is 0 Å². The van der Waals surface area contributed by atoms with Crippen LogP contribution in [0.3, 0.4) is 0 Å². The maximum atomic E-state index is 13.1. The molecule has 0 atom stereocenters. The quantitative estimate of drug-likeness (QED) is 0.340. The summed E-state index contributed by atoms with van der Waals surface area (Å²) < 4.78 is 32.6. The van der Waals surface area contributed by atoms with Gasteiger partial charge in [-0.05, 0) is 56.3 Å². The molecule has 0 radical (unpaired) electrons. The Labute approximate surface area is 217 Å². The van der Waals surface area contributed by atoms with Crippen LogP contribution in [0.15, 0.2) is 70.2 Å². The number of sulfonamides is 1. The number of imide groups is 1. The van der Waals surface area contributed by atoms with Crippen LogP contribution in [0.4, 0.5) is 17.3 Å². The van der Waals surface area contributed by atoms with Crippen LogP contribution < -0.4 is 14.9 Å². The molecule has 13 heteroatoms. The van der Waals surface area contributed by atoms with Crippen molar-refractivity contribution >= 4 is 56.7 Å². The van der Waals surface area contributed by atoms with Crippen molar-refractivity contribution in [1.29, 1.82) is 0 Å². The van der Waals surface area contributed by atoms with Gasteiger partial charge in [0, 0.05) is 17.1 Å². The van der Waals surface area contributed by atoms with E-state index < -0.39 is 32.8 Å². The SMILES string of the molecule is COC(=O)c1ccccc1N1C(=O)C(Cl)=C(Nc2ccc(S(=O)(=O)Nc3nc(C)cc(C)n3)cc2)C1=O. The number of methoxy groups -OCH3 is 1. The first kappa shape index (κ1) is 25.8. The van der Waals surface area contributed by atoms with Gasteiger partial charge in [-0.1, -0.05) is 23.7 Å². The van der Waals surface area contributed by atoms with Crippen molar-refractivity contribution in [3.8, 4) is 0 Å². The molecule has 0 unspecified atom stereocenters. The zero-order valence-corrected chi connectivity index (χ0v) is 21.3. The molecule has 2 N–H and O–H groups in total. The summed E-state index contributed by atoms with van der Waals surface area (Å²) in [6, 6.07) is 13.1. The molecule has 190 valence electrons. The molecule has 37 heavy (non-hydrogen) atoms. The number of amides is 2. The van der Waals surface area contributed by atoms with E-state index in [1.807, 2.05) is 0 Å². The molecular weight excluding hydrogens is 522 g/mol. The van der Waals surface area contributed by atoms with Crippen LogP contribution in [0, 0.1) is 13.8 Å². The maximum absolute atomic E-state index is 13.1. The molecule has 1 aromatic heterocycles. The number of hydrogen-bond donors (Lipinski definition) is 2. The lowest BCUT2D eigenvalue weighted by atomic mass is 10.1. The lowest BCUT2D eigenvalue weighted by Gasteiger charge is -2.18. The van der Waals surface area contributed by atoms with E-state index in [2.05, 4.69) is 20.0 Å². The third-order valence-electron chi connectivity index (χ3n) is 5.22. The number of benzene rings is 2. The summed E-state index contributed by atoms with van der Waals surface area (Å²) in [5.74, 6) is -2.41. The third-order valence-corrected chi connectivity index (χ3v) is 6.91. The second-order valence-corrected chi connectivity index (χ2v) is 9.93. The largest absolute Gasteiger partial charge is 0.465 e. The van der Waals surface area contributed by atoms with E-state index in [-0.39, 0.29) is 27.8 Å². The highest BCUT2D eigenvalue weighted by molar-refractivity contribution is 7.92. The van der Waals surface area contributed by atoms with Gasteiger partial charge < -0.3 is 10.1 Å². The summed E-state index contributed by atoms with van der Waals surface area (Å²) >= 11 is 6.17. The number of carbonyl (C=O) groups is 3. The highest BCUT2D eigenvalue weighted by Crippen LogP contribution is 2.32. The normalized spacial score (nSPS) is 13.7. The summed E-state index contributed by atoms with van der Waals surface area (Å²) in [5, 5.41) is 2.36. The zero-order valence-electron chi connectivity index (χ0n) is 19.8. The first-order valence-electron chi connectivity index (χ1n) is 10.7. The van der Waals surface area contributed by atoms with Crippen LogP contribution in [0.1, 0.15) is 21.7 Å². The first-order chi connectivity index (χ1) is 17.5. The van der Waals surface area contributed by atoms with Gasteiger partial charge in [0.25, 0.3) is 21.8 Å². The van der Waals surface area contributed by atoms with Crippen molar-refractivity contribution < 1.29 is 27.5 Å².